The van der Waals surface area contributed by atoms with Gasteiger partial charge in [-0.05, 0) is 26.1 Å². The number of carbonyl (C=O) groups is 2. The molecular formula is C17H23N3O2. The van der Waals surface area contributed by atoms with Crippen LogP contribution >= 0.6 is 0 Å². The fourth-order valence-corrected chi connectivity index (χ4v) is 3.13. The summed E-state index contributed by atoms with van der Waals surface area (Å²) in [5.74, 6) is -0.00963. The standard InChI is InChI=1S/C17H23N3O2/c1-13-3-5-15(6-4-13)20-12-14(11-16(20)21)17(22)19-9-7-18(2)8-10-19/h3-6,14H,7-12H2,1-2H3/t14-/m1/s1. The van der Waals surface area contributed by atoms with Gasteiger partial charge in [-0.15, -0.1) is 0 Å². The van der Waals surface area contributed by atoms with Crippen molar-refractivity contribution < 1.29 is 9.59 Å². The maximum Gasteiger partial charge on any atom is 0.228 e. The van der Waals surface area contributed by atoms with Crippen molar-refractivity contribution in [2.24, 2.45) is 5.92 Å². The van der Waals surface area contributed by atoms with Crippen molar-refractivity contribution >= 4 is 17.5 Å². The number of hydrogen-bond acceptors (Lipinski definition) is 3. The topological polar surface area (TPSA) is 43.9 Å². The van der Waals surface area contributed by atoms with Crippen molar-refractivity contribution in [1.82, 2.24) is 9.80 Å². The van der Waals surface area contributed by atoms with Gasteiger partial charge in [0.15, 0.2) is 0 Å². The zero-order valence-corrected chi connectivity index (χ0v) is 13.3. The van der Waals surface area contributed by atoms with Crippen molar-refractivity contribution in [2.45, 2.75) is 13.3 Å². The molecule has 5 nitrogen and oxygen atoms in total. The Morgan fingerprint density at radius 2 is 1.73 bits per heavy atom. The average Bonchev–Trinajstić information content (AvgIpc) is 2.90. The molecule has 2 saturated heterocycles. The lowest BCUT2D eigenvalue weighted by atomic mass is 10.1. The van der Waals surface area contributed by atoms with Crippen LogP contribution in [0.15, 0.2) is 24.3 Å². The van der Waals surface area contributed by atoms with E-state index in [1.807, 2.05) is 36.1 Å². The third kappa shape index (κ3) is 2.99. The zero-order chi connectivity index (χ0) is 15.7. The van der Waals surface area contributed by atoms with E-state index in [0.717, 1.165) is 31.9 Å². The molecule has 2 aliphatic heterocycles. The Labute approximate surface area is 131 Å². The van der Waals surface area contributed by atoms with Gasteiger partial charge in [0.1, 0.15) is 0 Å². The fourth-order valence-electron chi connectivity index (χ4n) is 3.13. The lowest BCUT2D eigenvalue weighted by Crippen LogP contribution is -2.49. The van der Waals surface area contributed by atoms with Gasteiger partial charge in [-0.3, -0.25) is 9.59 Å². The van der Waals surface area contributed by atoms with E-state index >= 15 is 0 Å². The lowest BCUT2D eigenvalue weighted by molar-refractivity contribution is -0.137. The van der Waals surface area contributed by atoms with Crippen LogP contribution in [0.3, 0.4) is 0 Å². The first kappa shape index (κ1) is 15.0. The van der Waals surface area contributed by atoms with Crippen LogP contribution < -0.4 is 4.90 Å². The molecule has 0 aromatic heterocycles. The third-order valence-electron chi connectivity index (χ3n) is 4.63. The van der Waals surface area contributed by atoms with Crippen LogP contribution in [0.25, 0.3) is 0 Å². The van der Waals surface area contributed by atoms with Crippen LogP contribution in [-0.2, 0) is 9.59 Å². The number of hydrogen-bond donors (Lipinski definition) is 0. The van der Waals surface area contributed by atoms with E-state index in [-0.39, 0.29) is 17.7 Å². The van der Waals surface area contributed by atoms with Gasteiger partial charge < -0.3 is 14.7 Å². The normalized spacial score (nSPS) is 23.2. The number of rotatable bonds is 2. The first-order chi connectivity index (χ1) is 10.5. The van der Waals surface area contributed by atoms with E-state index in [0.29, 0.717) is 13.0 Å². The first-order valence-corrected chi connectivity index (χ1v) is 7.89. The van der Waals surface area contributed by atoms with Gasteiger partial charge >= 0.3 is 0 Å². The SMILES string of the molecule is Cc1ccc(N2C[C@H](C(=O)N3CCN(C)CC3)CC2=O)cc1. The number of likely N-dealkylation sites (N-methyl/N-ethyl adjacent to an activating group) is 1. The molecule has 118 valence electrons. The fraction of sp³-hybridized carbons (Fsp3) is 0.529. The molecule has 2 amide bonds. The van der Waals surface area contributed by atoms with Gasteiger partial charge in [-0.1, -0.05) is 17.7 Å². The Hall–Kier alpha value is -1.88. The minimum Gasteiger partial charge on any atom is -0.340 e. The maximum atomic E-state index is 12.6. The molecule has 0 bridgehead atoms. The monoisotopic (exact) mass is 301 g/mol. The molecule has 2 aliphatic rings. The summed E-state index contributed by atoms with van der Waals surface area (Å²) in [5, 5.41) is 0. The molecule has 1 aromatic carbocycles. The summed E-state index contributed by atoms with van der Waals surface area (Å²) in [6, 6.07) is 7.91. The Kier molecular flexibility index (Phi) is 4.16. The van der Waals surface area contributed by atoms with Crippen LogP contribution in [-0.4, -0.2) is 61.4 Å². The van der Waals surface area contributed by atoms with Crippen molar-refractivity contribution in [2.75, 3.05) is 44.7 Å². The molecule has 0 aliphatic carbocycles. The smallest absolute Gasteiger partial charge is 0.228 e. The molecule has 0 N–H and O–H groups in total. The molecule has 0 radical (unpaired) electrons. The van der Waals surface area contributed by atoms with Crippen LogP contribution in [0.1, 0.15) is 12.0 Å². The second-order valence-electron chi connectivity index (χ2n) is 6.37. The molecule has 5 heteroatoms. The summed E-state index contributed by atoms with van der Waals surface area (Å²) in [5.41, 5.74) is 2.06. The summed E-state index contributed by atoms with van der Waals surface area (Å²) in [6.45, 7) is 5.89. The maximum absolute atomic E-state index is 12.6. The highest BCUT2D eigenvalue weighted by atomic mass is 16.2. The average molecular weight is 301 g/mol. The predicted molar refractivity (Wildman–Crippen MR) is 85.7 cm³/mol. The second-order valence-corrected chi connectivity index (χ2v) is 6.37. The Balaban J connectivity index is 1.66. The second kappa shape index (κ2) is 6.08. The van der Waals surface area contributed by atoms with E-state index < -0.39 is 0 Å². The summed E-state index contributed by atoms with van der Waals surface area (Å²) < 4.78 is 0. The molecule has 1 atom stereocenters. The van der Waals surface area contributed by atoms with Gasteiger partial charge in [0.05, 0.1) is 5.92 Å². The number of carbonyl (C=O) groups excluding carboxylic acids is 2. The molecule has 3 rings (SSSR count). The Bertz CT molecular complexity index is 562. The number of amides is 2. The third-order valence-corrected chi connectivity index (χ3v) is 4.63. The quantitative estimate of drug-likeness (QED) is 0.822. The summed E-state index contributed by atoms with van der Waals surface area (Å²) >= 11 is 0. The van der Waals surface area contributed by atoms with Gasteiger partial charge in [0.25, 0.3) is 0 Å². The minimum atomic E-state index is -0.197. The van der Waals surface area contributed by atoms with Crippen molar-refractivity contribution in [3.8, 4) is 0 Å². The van der Waals surface area contributed by atoms with E-state index in [2.05, 4.69) is 11.9 Å². The van der Waals surface area contributed by atoms with E-state index in [1.54, 1.807) is 4.90 Å². The Morgan fingerprint density at radius 1 is 1.09 bits per heavy atom. The molecule has 22 heavy (non-hydrogen) atoms. The van der Waals surface area contributed by atoms with E-state index in [4.69, 9.17) is 0 Å². The first-order valence-electron chi connectivity index (χ1n) is 7.89. The van der Waals surface area contributed by atoms with Gasteiger partial charge in [-0.2, -0.15) is 0 Å². The molecule has 2 fully saturated rings. The Morgan fingerprint density at radius 3 is 2.36 bits per heavy atom. The summed E-state index contributed by atoms with van der Waals surface area (Å²) in [4.78, 5) is 30.8. The van der Waals surface area contributed by atoms with E-state index in [9.17, 15) is 9.59 Å². The molecule has 0 saturated carbocycles. The van der Waals surface area contributed by atoms with Crippen molar-refractivity contribution in [3.63, 3.8) is 0 Å². The minimum absolute atomic E-state index is 0.0522. The molecule has 0 spiro atoms. The number of aryl methyl sites for hydroxylation is 1. The number of piperazine rings is 1. The van der Waals surface area contributed by atoms with Gasteiger partial charge in [-0.25, -0.2) is 0 Å². The van der Waals surface area contributed by atoms with Crippen LogP contribution in [0.2, 0.25) is 0 Å². The number of benzene rings is 1. The predicted octanol–water partition coefficient (Wildman–Crippen LogP) is 1.12. The highest BCUT2D eigenvalue weighted by molar-refractivity contribution is 6.00. The largest absolute Gasteiger partial charge is 0.340 e. The van der Waals surface area contributed by atoms with Crippen LogP contribution in [0, 0.1) is 12.8 Å². The van der Waals surface area contributed by atoms with E-state index in [1.165, 1.54) is 5.56 Å². The van der Waals surface area contributed by atoms with Crippen LogP contribution in [0.4, 0.5) is 5.69 Å². The highest BCUT2D eigenvalue weighted by Crippen LogP contribution is 2.26. The number of nitrogens with zero attached hydrogens (tertiary/aromatic N) is 3. The molecular weight excluding hydrogens is 278 g/mol. The molecule has 2 heterocycles. The number of anilines is 1. The zero-order valence-electron chi connectivity index (χ0n) is 13.3. The van der Waals surface area contributed by atoms with Crippen molar-refractivity contribution in [3.05, 3.63) is 29.8 Å². The van der Waals surface area contributed by atoms with Gasteiger partial charge in [0, 0.05) is 44.8 Å². The van der Waals surface area contributed by atoms with Crippen LogP contribution in [0.5, 0.6) is 0 Å². The molecule has 1 aromatic rings. The summed E-state index contributed by atoms with van der Waals surface area (Å²) in [7, 11) is 2.07. The summed E-state index contributed by atoms with van der Waals surface area (Å²) in [6.07, 6.45) is 0.332. The van der Waals surface area contributed by atoms with Gasteiger partial charge in [0.2, 0.25) is 11.8 Å². The highest BCUT2D eigenvalue weighted by Gasteiger charge is 2.37. The molecule has 0 unspecified atom stereocenters. The lowest BCUT2D eigenvalue weighted by Gasteiger charge is -2.33. The van der Waals surface area contributed by atoms with Crippen molar-refractivity contribution in [1.29, 1.82) is 0 Å².